The lowest BCUT2D eigenvalue weighted by Gasteiger charge is -2.42. The summed E-state index contributed by atoms with van der Waals surface area (Å²) < 4.78 is 6.36. The Morgan fingerprint density at radius 3 is 2.68 bits per heavy atom. The van der Waals surface area contributed by atoms with Gasteiger partial charge in [0.2, 0.25) is 5.91 Å². The SMILES string of the molecule is NC(=O)c1ccc2sc(N3CCN(C4COC4)CC3)nc2c1. The minimum Gasteiger partial charge on any atom is -0.378 e. The van der Waals surface area contributed by atoms with E-state index >= 15 is 0 Å². The standard InChI is InChI=1S/C15H18N4O2S/c16-14(20)10-1-2-13-12(7-10)17-15(22-13)19-5-3-18(4-6-19)11-8-21-9-11/h1-2,7,11H,3-6,8-9H2,(H2,16,20). The molecule has 2 aliphatic rings. The van der Waals surface area contributed by atoms with Crippen LogP contribution in [-0.2, 0) is 4.74 Å². The van der Waals surface area contributed by atoms with Crippen LogP contribution in [0.15, 0.2) is 18.2 Å². The predicted molar refractivity (Wildman–Crippen MR) is 86.5 cm³/mol. The van der Waals surface area contributed by atoms with Crippen LogP contribution in [0.4, 0.5) is 5.13 Å². The van der Waals surface area contributed by atoms with E-state index < -0.39 is 5.91 Å². The molecule has 7 heteroatoms. The summed E-state index contributed by atoms with van der Waals surface area (Å²) in [5, 5.41) is 1.03. The number of benzene rings is 1. The molecular formula is C15H18N4O2S. The average Bonchev–Trinajstić information content (AvgIpc) is 2.89. The van der Waals surface area contributed by atoms with Crippen LogP contribution < -0.4 is 10.6 Å². The van der Waals surface area contributed by atoms with Crippen molar-refractivity contribution < 1.29 is 9.53 Å². The molecular weight excluding hydrogens is 300 g/mol. The van der Waals surface area contributed by atoms with E-state index in [-0.39, 0.29) is 0 Å². The van der Waals surface area contributed by atoms with Crippen LogP contribution in [0.3, 0.4) is 0 Å². The number of ether oxygens (including phenoxy) is 1. The van der Waals surface area contributed by atoms with Crippen molar-refractivity contribution >= 4 is 32.6 Å². The normalized spacial score (nSPS) is 20.3. The van der Waals surface area contributed by atoms with E-state index in [1.54, 1.807) is 23.5 Å². The topological polar surface area (TPSA) is 71.7 Å². The van der Waals surface area contributed by atoms with Gasteiger partial charge in [0.05, 0.1) is 29.5 Å². The van der Waals surface area contributed by atoms with Crippen LogP contribution in [0.5, 0.6) is 0 Å². The van der Waals surface area contributed by atoms with E-state index in [4.69, 9.17) is 10.5 Å². The van der Waals surface area contributed by atoms with Gasteiger partial charge >= 0.3 is 0 Å². The van der Waals surface area contributed by atoms with Gasteiger partial charge in [-0.3, -0.25) is 9.69 Å². The van der Waals surface area contributed by atoms with Crippen molar-refractivity contribution in [3.8, 4) is 0 Å². The highest BCUT2D eigenvalue weighted by atomic mass is 32.1. The number of carbonyl (C=O) groups is 1. The lowest BCUT2D eigenvalue weighted by molar-refractivity contribution is -0.0660. The predicted octanol–water partition coefficient (Wildman–Crippen LogP) is 0.916. The number of amides is 1. The summed E-state index contributed by atoms with van der Waals surface area (Å²) >= 11 is 1.67. The van der Waals surface area contributed by atoms with Crippen LogP contribution in [-0.4, -0.2) is 61.2 Å². The molecule has 2 fully saturated rings. The van der Waals surface area contributed by atoms with Crippen LogP contribution in [0.1, 0.15) is 10.4 Å². The largest absolute Gasteiger partial charge is 0.378 e. The number of thiazole rings is 1. The van der Waals surface area contributed by atoms with Gasteiger partial charge < -0.3 is 15.4 Å². The molecule has 116 valence electrons. The molecule has 3 heterocycles. The number of aromatic nitrogens is 1. The van der Waals surface area contributed by atoms with E-state index in [0.29, 0.717) is 11.6 Å². The third kappa shape index (κ3) is 2.45. The molecule has 2 aromatic rings. The quantitative estimate of drug-likeness (QED) is 0.911. The Labute approximate surface area is 132 Å². The molecule has 4 rings (SSSR count). The van der Waals surface area contributed by atoms with Gasteiger partial charge in [0.25, 0.3) is 0 Å². The first-order valence-electron chi connectivity index (χ1n) is 7.48. The monoisotopic (exact) mass is 318 g/mol. The van der Waals surface area contributed by atoms with Crippen molar-refractivity contribution in [2.45, 2.75) is 6.04 Å². The first kappa shape index (κ1) is 13.9. The Balaban J connectivity index is 1.50. The van der Waals surface area contributed by atoms with Gasteiger partial charge in [-0.1, -0.05) is 11.3 Å². The Bertz CT molecular complexity index is 705. The summed E-state index contributed by atoms with van der Waals surface area (Å²) in [4.78, 5) is 20.8. The number of hydrogen-bond acceptors (Lipinski definition) is 6. The van der Waals surface area contributed by atoms with E-state index in [9.17, 15) is 4.79 Å². The highest BCUT2D eigenvalue weighted by molar-refractivity contribution is 7.22. The van der Waals surface area contributed by atoms with Crippen molar-refractivity contribution in [2.75, 3.05) is 44.3 Å². The van der Waals surface area contributed by atoms with Crippen LogP contribution >= 0.6 is 11.3 Å². The van der Waals surface area contributed by atoms with E-state index in [1.165, 1.54) is 0 Å². The molecule has 1 amide bonds. The number of nitrogens with two attached hydrogens (primary N) is 1. The van der Waals surface area contributed by atoms with Gasteiger partial charge in [-0.2, -0.15) is 0 Å². The van der Waals surface area contributed by atoms with Crippen molar-refractivity contribution in [1.82, 2.24) is 9.88 Å². The molecule has 0 atom stereocenters. The van der Waals surface area contributed by atoms with Gasteiger partial charge in [-0.15, -0.1) is 0 Å². The van der Waals surface area contributed by atoms with E-state index in [1.807, 2.05) is 6.07 Å². The molecule has 0 bridgehead atoms. The summed E-state index contributed by atoms with van der Waals surface area (Å²) in [6.07, 6.45) is 0. The van der Waals surface area contributed by atoms with E-state index in [0.717, 1.165) is 54.7 Å². The molecule has 2 N–H and O–H groups in total. The fourth-order valence-corrected chi connectivity index (χ4v) is 3.91. The molecule has 1 aromatic carbocycles. The Morgan fingerprint density at radius 2 is 2.05 bits per heavy atom. The number of rotatable bonds is 3. The summed E-state index contributed by atoms with van der Waals surface area (Å²) in [5.41, 5.74) is 6.69. The third-order valence-electron chi connectivity index (χ3n) is 4.38. The Morgan fingerprint density at radius 1 is 1.27 bits per heavy atom. The number of fused-ring (bicyclic) bond motifs is 1. The number of piperazine rings is 1. The maximum atomic E-state index is 11.3. The van der Waals surface area contributed by atoms with Crippen LogP contribution in [0.2, 0.25) is 0 Å². The van der Waals surface area contributed by atoms with Gasteiger partial charge in [0, 0.05) is 31.7 Å². The molecule has 2 aliphatic heterocycles. The number of carbonyl (C=O) groups excluding carboxylic acids is 1. The van der Waals surface area contributed by atoms with Crippen molar-refractivity contribution in [3.05, 3.63) is 23.8 Å². The maximum absolute atomic E-state index is 11.3. The lowest BCUT2D eigenvalue weighted by Crippen LogP contribution is -2.56. The lowest BCUT2D eigenvalue weighted by atomic mass is 10.2. The summed E-state index contributed by atoms with van der Waals surface area (Å²) in [5.74, 6) is -0.409. The fourth-order valence-electron chi connectivity index (χ4n) is 2.92. The second kappa shape index (κ2) is 5.49. The smallest absolute Gasteiger partial charge is 0.248 e. The first-order chi connectivity index (χ1) is 10.7. The molecule has 0 saturated carbocycles. The molecule has 1 aromatic heterocycles. The molecule has 0 unspecified atom stereocenters. The number of hydrogen-bond donors (Lipinski definition) is 1. The van der Waals surface area contributed by atoms with Gasteiger partial charge in [0.1, 0.15) is 0 Å². The summed E-state index contributed by atoms with van der Waals surface area (Å²) in [6, 6.07) is 6.08. The highest BCUT2D eigenvalue weighted by Crippen LogP contribution is 2.30. The number of anilines is 1. The number of primary amides is 1. The number of nitrogens with zero attached hydrogens (tertiary/aromatic N) is 3. The Kier molecular flexibility index (Phi) is 3.48. The fraction of sp³-hybridized carbons (Fsp3) is 0.467. The Hall–Kier alpha value is -1.70. The van der Waals surface area contributed by atoms with Crippen LogP contribution in [0.25, 0.3) is 10.2 Å². The molecule has 0 aliphatic carbocycles. The van der Waals surface area contributed by atoms with Gasteiger partial charge in [0.15, 0.2) is 5.13 Å². The van der Waals surface area contributed by atoms with E-state index in [2.05, 4.69) is 14.8 Å². The third-order valence-corrected chi connectivity index (χ3v) is 5.48. The molecule has 0 spiro atoms. The molecule has 6 nitrogen and oxygen atoms in total. The summed E-state index contributed by atoms with van der Waals surface area (Å²) in [7, 11) is 0. The average molecular weight is 318 g/mol. The second-order valence-electron chi connectivity index (χ2n) is 5.76. The first-order valence-corrected chi connectivity index (χ1v) is 8.29. The van der Waals surface area contributed by atoms with Crippen molar-refractivity contribution in [1.29, 1.82) is 0 Å². The molecule has 2 saturated heterocycles. The minimum atomic E-state index is -0.409. The van der Waals surface area contributed by atoms with Crippen molar-refractivity contribution in [3.63, 3.8) is 0 Å². The van der Waals surface area contributed by atoms with Gasteiger partial charge in [-0.25, -0.2) is 4.98 Å². The zero-order valence-corrected chi connectivity index (χ0v) is 13.0. The minimum absolute atomic E-state index is 0.409. The zero-order chi connectivity index (χ0) is 15.1. The van der Waals surface area contributed by atoms with Crippen LogP contribution in [0, 0.1) is 0 Å². The zero-order valence-electron chi connectivity index (χ0n) is 12.2. The maximum Gasteiger partial charge on any atom is 0.248 e. The highest BCUT2D eigenvalue weighted by Gasteiger charge is 2.29. The summed E-state index contributed by atoms with van der Waals surface area (Å²) in [6.45, 7) is 5.82. The van der Waals surface area contributed by atoms with Gasteiger partial charge in [-0.05, 0) is 18.2 Å². The van der Waals surface area contributed by atoms with Crippen molar-refractivity contribution in [2.24, 2.45) is 5.73 Å². The second-order valence-corrected chi connectivity index (χ2v) is 6.77. The molecule has 22 heavy (non-hydrogen) atoms. The molecule has 0 radical (unpaired) electrons.